The van der Waals surface area contributed by atoms with Gasteiger partial charge in [0.1, 0.15) is 19.8 Å². The predicted molar refractivity (Wildman–Crippen MR) is 205 cm³/mol. The van der Waals surface area contributed by atoms with Crippen molar-refractivity contribution in [1.29, 1.82) is 0 Å². The number of amides is 4. The van der Waals surface area contributed by atoms with E-state index in [1.807, 2.05) is 24.3 Å². The Morgan fingerprint density at radius 1 is 0.627 bits per heavy atom. The van der Waals surface area contributed by atoms with Gasteiger partial charge >= 0.3 is 0 Å². The van der Waals surface area contributed by atoms with E-state index in [4.69, 9.17) is 5.73 Å². The van der Waals surface area contributed by atoms with Gasteiger partial charge in [0.25, 0.3) is 11.8 Å². The third-order valence-corrected chi connectivity index (χ3v) is 9.10. The van der Waals surface area contributed by atoms with Gasteiger partial charge in [0, 0.05) is 65.5 Å². The van der Waals surface area contributed by atoms with Gasteiger partial charge in [0.15, 0.2) is 0 Å². The smallest absolute Gasteiger partial charge is 0.267 e. The highest BCUT2D eigenvalue weighted by molar-refractivity contribution is 7.17. The molecule has 0 aliphatic heterocycles. The summed E-state index contributed by atoms with van der Waals surface area (Å²) in [4.78, 5) is 65.3. The minimum atomic E-state index is -0.507. The second-order valence-electron chi connectivity index (χ2n) is 10.5. The van der Waals surface area contributed by atoms with E-state index in [-0.39, 0.29) is 32.6 Å². The molecular weight excluding hydrogens is 685 g/mol. The van der Waals surface area contributed by atoms with Gasteiger partial charge in [-0.1, -0.05) is 20.9 Å². The highest BCUT2D eigenvalue weighted by Crippen LogP contribution is 2.29. The van der Waals surface area contributed by atoms with Gasteiger partial charge in [-0.2, -0.15) is 0 Å². The van der Waals surface area contributed by atoms with Crippen LogP contribution in [0.15, 0.2) is 97.6 Å². The Hall–Kier alpha value is -6.12. The van der Waals surface area contributed by atoms with Gasteiger partial charge in [-0.05, 0) is 80.6 Å². The molecular formula is C37H38N8O4S2. The zero-order valence-electron chi connectivity index (χ0n) is 26.6. The summed E-state index contributed by atoms with van der Waals surface area (Å²) in [5, 5.41) is 9.82. The van der Waals surface area contributed by atoms with E-state index in [1.165, 1.54) is 29.6 Å². The summed E-state index contributed by atoms with van der Waals surface area (Å²) in [7, 11) is 0. The second kappa shape index (κ2) is 18.0. The first-order valence-corrected chi connectivity index (χ1v) is 16.4. The van der Waals surface area contributed by atoms with Crippen molar-refractivity contribution in [3.8, 4) is 21.1 Å². The predicted octanol–water partition coefficient (Wildman–Crippen LogP) is 7.86. The number of anilines is 3. The Balaban J connectivity index is 0.000000265. The Morgan fingerprint density at radius 3 is 1.53 bits per heavy atom. The lowest BCUT2D eigenvalue weighted by atomic mass is 10.2. The third-order valence-electron chi connectivity index (χ3n) is 6.69. The summed E-state index contributed by atoms with van der Waals surface area (Å²) in [5.41, 5.74) is 10.5. The topological polar surface area (TPSA) is 182 Å². The van der Waals surface area contributed by atoms with Crippen molar-refractivity contribution in [2.24, 2.45) is 5.73 Å². The number of aromatic nitrogens is 4. The number of hydrogen-bond acceptors (Lipinski definition) is 10. The molecule has 0 bridgehead atoms. The van der Waals surface area contributed by atoms with E-state index in [9.17, 15) is 19.2 Å². The minimum absolute atomic E-state index is 0. The fourth-order valence-corrected chi connectivity index (χ4v) is 6.31. The number of carbonyl (C=O) groups excluding carboxylic acids is 4. The van der Waals surface area contributed by atoms with Crippen LogP contribution in [0, 0.1) is 13.8 Å². The average Bonchev–Trinajstić information content (AvgIpc) is 3.68. The largest absolute Gasteiger partial charge is 0.366 e. The summed E-state index contributed by atoms with van der Waals surface area (Å²) in [6, 6.07) is 20.9. The molecule has 0 unspecified atom stereocenters. The molecule has 14 heteroatoms. The number of nitrogens with zero attached hydrogens (tertiary/aromatic N) is 4. The quantitative estimate of drug-likeness (QED) is 0.122. The average molecular weight is 723 g/mol. The SMILES string of the molecule is C.C.CC(=O)Nc1cccc(NC(=O)c2sc(-c3cccnc3)nc2C)c1.Cc1nc(-c2cccnc2)sc1C(=O)Nc1ccc(C(N)=O)cc1. The molecule has 0 aliphatic rings. The summed E-state index contributed by atoms with van der Waals surface area (Å²) in [5.74, 6) is -1.15. The number of thiazole rings is 2. The van der Waals surface area contributed by atoms with Gasteiger partial charge in [-0.25, -0.2) is 9.97 Å². The fourth-order valence-electron chi connectivity index (χ4n) is 4.41. The van der Waals surface area contributed by atoms with Gasteiger partial charge < -0.3 is 21.7 Å². The molecule has 2 aromatic carbocycles. The number of hydrogen-bond donors (Lipinski definition) is 4. The van der Waals surface area contributed by atoms with E-state index in [0.29, 0.717) is 43.8 Å². The molecule has 51 heavy (non-hydrogen) atoms. The molecule has 0 saturated carbocycles. The molecule has 6 aromatic rings. The second-order valence-corrected chi connectivity index (χ2v) is 12.5. The highest BCUT2D eigenvalue weighted by Gasteiger charge is 2.18. The maximum absolute atomic E-state index is 12.6. The molecule has 4 heterocycles. The van der Waals surface area contributed by atoms with Crippen LogP contribution in [-0.2, 0) is 4.79 Å². The Labute approximate surface area is 304 Å². The number of nitrogens with two attached hydrogens (primary N) is 1. The molecule has 4 amide bonds. The van der Waals surface area contributed by atoms with E-state index in [1.54, 1.807) is 87.2 Å². The van der Waals surface area contributed by atoms with Crippen molar-refractivity contribution in [3.63, 3.8) is 0 Å². The number of aryl methyl sites for hydroxylation is 2. The number of rotatable bonds is 8. The number of nitrogens with one attached hydrogen (secondary N) is 3. The zero-order valence-corrected chi connectivity index (χ0v) is 28.2. The van der Waals surface area contributed by atoms with Crippen LogP contribution in [0.3, 0.4) is 0 Å². The van der Waals surface area contributed by atoms with Crippen molar-refractivity contribution < 1.29 is 19.2 Å². The van der Waals surface area contributed by atoms with Crippen molar-refractivity contribution in [3.05, 3.63) is 124 Å². The van der Waals surface area contributed by atoms with E-state index in [2.05, 4.69) is 35.9 Å². The van der Waals surface area contributed by atoms with Crippen molar-refractivity contribution in [2.75, 3.05) is 16.0 Å². The normalized spacial score (nSPS) is 9.94. The van der Waals surface area contributed by atoms with Crippen LogP contribution >= 0.6 is 22.7 Å². The van der Waals surface area contributed by atoms with E-state index in [0.717, 1.165) is 21.1 Å². The first kappa shape index (κ1) is 39.3. The lowest BCUT2D eigenvalue weighted by molar-refractivity contribution is -0.114. The zero-order chi connectivity index (χ0) is 34.9. The van der Waals surface area contributed by atoms with Crippen molar-refractivity contribution in [1.82, 2.24) is 19.9 Å². The van der Waals surface area contributed by atoms with Crippen molar-refractivity contribution >= 4 is 63.4 Å². The highest BCUT2D eigenvalue weighted by atomic mass is 32.1. The van der Waals surface area contributed by atoms with Crippen LogP contribution in [0.25, 0.3) is 21.1 Å². The molecule has 0 aliphatic carbocycles. The number of benzene rings is 2. The molecule has 0 fully saturated rings. The number of pyridine rings is 2. The van der Waals surface area contributed by atoms with Gasteiger partial charge in [0.2, 0.25) is 11.8 Å². The third kappa shape index (κ3) is 10.4. The molecule has 6 rings (SSSR count). The molecule has 12 nitrogen and oxygen atoms in total. The monoisotopic (exact) mass is 722 g/mol. The molecule has 0 atom stereocenters. The summed E-state index contributed by atoms with van der Waals surface area (Å²) in [6.45, 7) is 5.03. The van der Waals surface area contributed by atoms with Gasteiger partial charge in [0.05, 0.1) is 11.4 Å². The summed E-state index contributed by atoms with van der Waals surface area (Å²) >= 11 is 2.63. The lowest BCUT2D eigenvalue weighted by Crippen LogP contribution is -2.13. The number of primary amides is 1. The summed E-state index contributed by atoms with van der Waals surface area (Å²) < 4.78 is 0. The molecule has 0 radical (unpaired) electrons. The Bertz CT molecular complexity index is 2120. The number of carbonyl (C=O) groups is 4. The Morgan fingerprint density at radius 2 is 1.10 bits per heavy atom. The van der Waals surface area contributed by atoms with Gasteiger partial charge in [-0.3, -0.25) is 29.1 Å². The van der Waals surface area contributed by atoms with Crippen LogP contribution < -0.4 is 21.7 Å². The van der Waals surface area contributed by atoms with E-state index >= 15 is 0 Å². The molecule has 0 spiro atoms. The molecule has 4 aromatic heterocycles. The molecule has 262 valence electrons. The molecule has 5 N–H and O–H groups in total. The van der Waals surface area contributed by atoms with Crippen LogP contribution in [-0.4, -0.2) is 43.6 Å². The van der Waals surface area contributed by atoms with Gasteiger partial charge in [-0.15, -0.1) is 22.7 Å². The van der Waals surface area contributed by atoms with Crippen LogP contribution in [0.4, 0.5) is 17.1 Å². The summed E-state index contributed by atoms with van der Waals surface area (Å²) in [6.07, 6.45) is 6.81. The Kier molecular flexibility index (Phi) is 13.9. The van der Waals surface area contributed by atoms with Crippen molar-refractivity contribution in [2.45, 2.75) is 35.6 Å². The lowest BCUT2D eigenvalue weighted by Gasteiger charge is -2.07. The van der Waals surface area contributed by atoms with E-state index < -0.39 is 5.91 Å². The first-order chi connectivity index (χ1) is 23.6. The minimum Gasteiger partial charge on any atom is -0.366 e. The standard InChI is InChI=1S/C18H16N4O2S.C17H14N4O2S.2CH4/c1-11-16(25-18(20-11)13-5-4-8-19-10-13)17(24)22-15-7-3-6-14(9-15)21-12(2)23;1-10-14(24-17(20-10)12-3-2-8-19-9-12)16(23)21-13-6-4-11(5-7-13)15(18)22;;/h3-10H,1-2H3,(H,21,23)(H,22,24);2-9H,1H3,(H2,18,22)(H,21,23);2*1H4. The van der Waals surface area contributed by atoms with Crippen LogP contribution in [0.5, 0.6) is 0 Å². The maximum atomic E-state index is 12.6. The van der Waals surface area contributed by atoms with Crippen LogP contribution in [0.2, 0.25) is 0 Å². The first-order valence-electron chi connectivity index (χ1n) is 14.7. The maximum Gasteiger partial charge on any atom is 0.267 e. The molecule has 0 saturated heterocycles. The van der Waals surface area contributed by atoms with Crippen LogP contribution in [0.1, 0.15) is 62.9 Å². The fraction of sp³-hybridized carbons (Fsp3) is 0.135.